The molecule has 0 bridgehead atoms. The van der Waals surface area contributed by atoms with Crippen LogP contribution in [0.25, 0.3) is 28.8 Å². The summed E-state index contributed by atoms with van der Waals surface area (Å²) in [5.74, 6) is 0.101. The Morgan fingerprint density at radius 1 is 0.960 bits per heavy atom. The summed E-state index contributed by atoms with van der Waals surface area (Å²) in [5, 5.41) is 0.935. The number of benzene rings is 2. The lowest BCUT2D eigenvalue weighted by atomic mass is 10.2. The summed E-state index contributed by atoms with van der Waals surface area (Å²) in [4.78, 5) is 8.57. The van der Waals surface area contributed by atoms with Crippen molar-refractivity contribution in [3.8, 4) is 5.95 Å². The highest BCUT2D eigenvalue weighted by molar-refractivity contribution is 9.10. The zero-order valence-corrected chi connectivity index (χ0v) is 14.7. The van der Waals surface area contributed by atoms with Gasteiger partial charge in [-0.1, -0.05) is 46.3 Å². The maximum Gasteiger partial charge on any atom is 0.234 e. The second-order valence-electron chi connectivity index (χ2n) is 5.52. The van der Waals surface area contributed by atoms with Crippen LogP contribution in [0, 0.1) is 0 Å². The Balaban J connectivity index is 1.90. The Morgan fingerprint density at radius 2 is 1.68 bits per heavy atom. The predicted octanol–water partition coefficient (Wildman–Crippen LogP) is 5.65. The fourth-order valence-electron chi connectivity index (χ4n) is 2.73. The molecule has 3 nitrogen and oxygen atoms in total. The van der Waals surface area contributed by atoms with Crippen LogP contribution in [0.1, 0.15) is 11.3 Å². The summed E-state index contributed by atoms with van der Waals surface area (Å²) < 4.78 is 17.8. The van der Waals surface area contributed by atoms with Crippen molar-refractivity contribution in [2.24, 2.45) is 0 Å². The fraction of sp³-hybridized carbons (Fsp3) is 0. The van der Waals surface area contributed by atoms with Gasteiger partial charge in [0.2, 0.25) is 5.95 Å². The van der Waals surface area contributed by atoms with E-state index >= 15 is 4.39 Å². The summed E-state index contributed by atoms with van der Waals surface area (Å²) >= 11 is 3.39. The molecule has 2 heterocycles. The normalized spacial score (nSPS) is 11.8. The van der Waals surface area contributed by atoms with Crippen molar-refractivity contribution in [1.29, 1.82) is 0 Å². The minimum atomic E-state index is -0.342. The van der Waals surface area contributed by atoms with E-state index in [1.54, 1.807) is 23.0 Å². The van der Waals surface area contributed by atoms with Crippen molar-refractivity contribution in [2.75, 3.05) is 0 Å². The third kappa shape index (κ3) is 3.10. The Morgan fingerprint density at radius 3 is 2.44 bits per heavy atom. The number of para-hydroxylation sites is 1. The third-order valence-corrected chi connectivity index (χ3v) is 4.40. The molecule has 0 radical (unpaired) electrons. The number of rotatable bonds is 3. The quantitative estimate of drug-likeness (QED) is 0.450. The monoisotopic (exact) mass is 393 g/mol. The van der Waals surface area contributed by atoms with E-state index in [2.05, 4.69) is 25.9 Å². The molecule has 0 spiro atoms. The molecule has 0 saturated carbocycles. The maximum absolute atomic E-state index is 15.1. The zero-order chi connectivity index (χ0) is 17.2. The van der Waals surface area contributed by atoms with Gasteiger partial charge in [0, 0.05) is 22.3 Å². The molecule has 122 valence electrons. The summed E-state index contributed by atoms with van der Waals surface area (Å²) in [6.45, 7) is 0. The second kappa shape index (κ2) is 6.61. The van der Waals surface area contributed by atoms with Gasteiger partial charge in [0.05, 0.1) is 11.2 Å². The molecule has 0 aliphatic heterocycles. The topological polar surface area (TPSA) is 30.7 Å². The molecule has 0 saturated heterocycles. The molecule has 0 unspecified atom stereocenters. The Hall–Kier alpha value is -2.79. The summed E-state index contributed by atoms with van der Waals surface area (Å²) in [5.41, 5.74) is 2.07. The summed E-state index contributed by atoms with van der Waals surface area (Å²) in [7, 11) is 0. The number of hydrogen-bond donors (Lipinski definition) is 0. The van der Waals surface area contributed by atoms with Gasteiger partial charge in [-0.15, -0.1) is 0 Å². The van der Waals surface area contributed by atoms with Crippen molar-refractivity contribution < 1.29 is 4.39 Å². The molecule has 2 aromatic heterocycles. The Labute approximate surface area is 152 Å². The van der Waals surface area contributed by atoms with Crippen LogP contribution in [0.2, 0.25) is 0 Å². The van der Waals surface area contributed by atoms with Crippen LogP contribution in [0.5, 0.6) is 0 Å². The molecule has 0 aliphatic rings. The second-order valence-corrected chi connectivity index (χ2v) is 6.43. The van der Waals surface area contributed by atoms with Crippen LogP contribution in [-0.4, -0.2) is 14.5 Å². The molecule has 0 aliphatic carbocycles. The van der Waals surface area contributed by atoms with E-state index in [-0.39, 0.29) is 5.83 Å². The van der Waals surface area contributed by atoms with Gasteiger partial charge in [-0.05, 0) is 42.0 Å². The number of fused-ring (bicyclic) bond motifs is 1. The molecule has 2 aromatic carbocycles. The molecule has 0 N–H and O–H groups in total. The van der Waals surface area contributed by atoms with Crippen molar-refractivity contribution in [1.82, 2.24) is 14.5 Å². The van der Waals surface area contributed by atoms with E-state index in [4.69, 9.17) is 0 Å². The molecule has 0 fully saturated rings. The summed E-state index contributed by atoms with van der Waals surface area (Å²) in [6, 6.07) is 18.8. The lowest BCUT2D eigenvalue weighted by Crippen LogP contribution is -2.03. The number of halogens is 2. The number of nitrogens with zero attached hydrogens (tertiary/aromatic N) is 3. The van der Waals surface area contributed by atoms with Gasteiger partial charge in [-0.25, -0.2) is 14.4 Å². The standard InChI is InChI=1S/C20H13BrFN3/c21-16-8-6-14(7-9-16)12-17(22)19-13-15-4-1-2-5-18(15)25(19)20-23-10-3-11-24-20/h1-13H/b17-12-. The highest BCUT2D eigenvalue weighted by Crippen LogP contribution is 2.29. The molecular weight excluding hydrogens is 381 g/mol. The lowest BCUT2D eigenvalue weighted by Gasteiger charge is -2.07. The van der Waals surface area contributed by atoms with Crippen LogP contribution >= 0.6 is 15.9 Å². The first-order chi connectivity index (χ1) is 12.2. The highest BCUT2D eigenvalue weighted by Gasteiger charge is 2.15. The van der Waals surface area contributed by atoms with Crippen LogP contribution in [-0.2, 0) is 0 Å². The average molecular weight is 394 g/mol. The van der Waals surface area contributed by atoms with Crippen LogP contribution in [0.4, 0.5) is 4.39 Å². The average Bonchev–Trinajstić information content (AvgIpc) is 3.04. The Bertz CT molecular complexity index is 1050. The van der Waals surface area contributed by atoms with Crippen molar-refractivity contribution >= 4 is 38.7 Å². The van der Waals surface area contributed by atoms with E-state index < -0.39 is 0 Å². The first kappa shape index (κ1) is 15.7. The highest BCUT2D eigenvalue weighted by atomic mass is 79.9. The van der Waals surface area contributed by atoms with E-state index in [1.807, 2.05) is 54.6 Å². The smallest absolute Gasteiger partial charge is 0.234 e. The molecule has 4 aromatic rings. The Kier molecular flexibility index (Phi) is 4.15. The lowest BCUT2D eigenvalue weighted by molar-refractivity contribution is 0.748. The van der Waals surface area contributed by atoms with Gasteiger partial charge in [-0.2, -0.15) is 0 Å². The van der Waals surface area contributed by atoms with Crippen LogP contribution in [0.3, 0.4) is 0 Å². The first-order valence-electron chi connectivity index (χ1n) is 7.73. The minimum absolute atomic E-state index is 0.342. The molecule has 25 heavy (non-hydrogen) atoms. The number of aromatic nitrogens is 3. The molecule has 5 heteroatoms. The largest absolute Gasteiger partial charge is 0.276 e. The predicted molar refractivity (Wildman–Crippen MR) is 102 cm³/mol. The first-order valence-corrected chi connectivity index (χ1v) is 8.53. The van der Waals surface area contributed by atoms with Gasteiger partial charge < -0.3 is 0 Å². The van der Waals surface area contributed by atoms with Gasteiger partial charge in [0.25, 0.3) is 0 Å². The van der Waals surface area contributed by atoms with E-state index in [0.29, 0.717) is 11.6 Å². The minimum Gasteiger partial charge on any atom is -0.276 e. The number of hydrogen-bond acceptors (Lipinski definition) is 2. The van der Waals surface area contributed by atoms with Crippen molar-refractivity contribution in [3.63, 3.8) is 0 Å². The third-order valence-electron chi connectivity index (χ3n) is 3.87. The van der Waals surface area contributed by atoms with Crippen LogP contribution < -0.4 is 0 Å². The van der Waals surface area contributed by atoms with E-state index in [9.17, 15) is 0 Å². The molecule has 0 atom stereocenters. The van der Waals surface area contributed by atoms with Crippen molar-refractivity contribution in [3.05, 3.63) is 88.8 Å². The fourth-order valence-corrected chi connectivity index (χ4v) is 3.00. The van der Waals surface area contributed by atoms with Crippen molar-refractivity contribution in [2.45, 2.75) is 0 Å². The molecule has 0 amide bonds. The SMILES string of the molecule is F/C(=C\c1ccc(Br)cc1)c1cc2ccccc2n1-c1ncccn1. The van der Waals surface area contributed by atoms with Gasteiger partial charge in [0.1, 0.15) is 5.83 Å². The van der Waals surface area contributed by atoms with Gasteiger partial charge >= 0.3 is 0 Å². The molecule has 4 rings (SSSR count). The summed E-state index contributed by atoms with van der Waals surface area (Å²) in [6.07, 6.45) is 4.81. The molecular formula is C20H13BrFN3. The van der Waals surface area contributed by atoms with Gasteiger partial charge in [0.15, 0.2) is 0 Å². The van der Waals surface area contributed by atoms with Gasteiger partial charge in [-0.3, -0.25) is 4.57 Å². The maximum atomic E-state index is 15.1. The van der Waals surface area contributed by atoms with E-state index in [0.717, 1.165) is 20.9 Å². The van der Waals surface area contributed by atoms with E-state index in [1.165, 1.54) is 6.08 Å². The van der Waals surface area contributed by atoms with Crippen LogP contribution in [0.15, 0.2) is 77.5 Å². The zero-order valence-electron chi connectivity index (χ0n) is 13.1.